The van der Waals surface area contributed by atoms with Crippen LogP contribution in [0.2, 0.25) is 0 Å². The van der Waals surface area contributed by atoms with Crippen LogP contribution in [0.1, 0.15) is 12.8 Å². The van der Waals surface area contributed by atoms with Crippen LogP contribution in [0.5, 0.6) is 0 Å². The number of hydroxylamine groups is 2. The molecule has 1 saturated heterocycles. The molecule has 14 heavy (non-hydrogen) atoms. The van der Waals surface area contributed by atoms with Crippen molar-refractivity contribution in [3.63, 3.8) is 0 Å². The third kappa shape index (κ3) is 2.54. The molecule has 0 N–H and O–H groups in total. The van der Waals surface area contributed by atoms with Gasteiger partial charge in [0.05, 0.1) is 0 Å². The number of hydrogen-bond donors (Lipinski definition) is 0. The quantitative estimate of drug-likeness (QED) is 0.566. The zero-order valence-electron chi connectivity index (χ0n) is 7.03. The molecule has 1 aliphatic rings. The average molecular weight is 329 g/mol. The SMILES string of the molecule is O=C(ON1C(=O)CCC1=O)C(Br)CBr. The Hall–Kier alpha value is -0.430. The van der Waals surface area contributed by atoms with Crippen LogP contribution < -0.4 is 0 Å². The number of halogens is 2. The monoisotopic (exact) mass is 327 g/mol. The minimum absolute atomic E-state index is 0.105. The van der Waals surface area contributed by atoms with Gasteiger partial charge in [0.2, 0.25) is 0 Å². The predicted octanol–water partition coefficient (Wildman–Crippen LogP) is 0.752. The van der Waals surface area contributed by atoms with E-state index < -0.39 is 22.6 Å². The molecule has 0 aromatic carbocycles. The van der Waals surface area contributed by atoms with Crippen LogP contribution in [0.4, 0.5) is 0 Å². The van der Waals surface area contributed by atoms with E-state index in [0.29, 0.717) is 10.4 Å². The van der Waals surface area contributed by atoms with Gasteiger partial charge in [-0.15, -0.1) is 5.06 Å². The Balaban J connectivity index is 2.55. The third-order valence-electron chi connectivity index (χ3n) is 1.58. The fourth-order valence-corrected chi connectivity index (χ4v) is 1.22. The van der Waals surface area contributed by atoms with Crippen LogP contribution in [0.15, 0.2) is 0 Å². The zero-order chi connectivity index (χ0) is 10.7. The largest absolute Gasteiger partial charge is 0.347 e. The third-order valence-corrected chi connectivity index (χ3v) is 3.79. The molecular weight excluding hydrogens is 322 g/mol. The lowest BCUT2D eigenvalue weighted by Gasteiger charge is -2.13. The Morgan fingerprint density at radius 1 is 1.43 bits per heavy atom. The molecule has 1 unspecified atom stereocenters. The molecule has 0 saturated carbocycles. The molecule has 1 heterocycles. The summed E-state index contributed by atoms with van der Waals surface area (Å²) in [6.07, 6.45) is 0.209. The van der Waals surface area contributed by atoms with Crippen LogP contribution in [0.25, 0.3) is 0 Å². The first-order valence-corrected chi connectivity index (χ1v) is 5.87. The minimum Gasteiger partial charge on any atom is -0.329 e. The second kappa shape index (κ2) is 4.88. The number of carbonyl (C=O) groups is 3. The number of alkyl halides is 2. The van der Waals surface area contributed by atoms with Gasteiger partial charge in [0.25, 0.3) is 11.8 Å². The Morgan fingerprint density at radius 2 is 1.93 bits per heavy atom. The highest BCUT2D eigenvalue weighted by Gasteiger charge is 2.34. The van der Waals surface area contributed by atoms with E-state index in [4.69, 9.17) is 0 Å². The second-order valence-electron chi connectivity index (χ2n) is 2.61. The molecule has 1 aliphatic heterocycles. The standard InChI is InChI=1S/C7H7Br2NO4/c8-3-4(9)7(13)14-10-5(11)1-2-6(10)12/h4H,1-3H2. The number of rotatable bonds is 3. The van der Waals surface area contributed by atoms with Crippen molar-refractivity contribution >= 4 is 49.6 Å². The van der Waals surface area contributed by atoms with Crippen LogP contribution in [-0.4, -0.2) is 33.0 Å². The summed E-state index contributed by atoms with van der Waals surface area (Å²) in [6, 6.07) is 0. The van der Waals surface area contributed by atoms with E-state index >= 15 is 0 Å². The maximum absolute atomic E-state index is 11.2. The van der Waals surface area contributed by atoms with Crippen LogP contribution in [0, 0.1) is 0 Å². The van der Waals surface area contributed by atoms with Gasteiger partial charge in [-0.2, -0.15) is 0 Å². The molecule has 0 aromatic rings. The van der Waals surface area contributed by atoms with E-state index in [-0.39, 0.29) is 12.8 Å². The molecule has 1 rings (SSSR count). The normalized spacial score (nSPS) is 18.6. The topological polar surface area (TPSA) is 63.7 Å². The van der Waals surface area contributed by atoms with Gasteiger partial charge in [-0.25, -0.2) is 4.79 Å². The fourth-order valence-electron chi connectivity index (χ4n) is 0.868. The van der Waals surface area contributed by atoms with Gasteiger partial charge in [0.1, 0.15) is 4.83 Å². The molecule has 1 fully saturated rings. The summed E-state index contributed by atoms with van der Waals surface area (Å²) in [5.41, 5.74) is 0. The first-order chi connectivity index (χ1) is 6.56. The van der Waals surface area contributed by atoms with Gasteiger partial charge < -0.3 is 4.84 Å². The summed E-state index contributed by atoms with van der Waals surface area (Å²) in [5.74, 6) is -1.61. The van der Waals surface area contributed by atoms with Crippen LogP contribution >= 0.6 is 31.9 Å². The summed E-state index contributed by atoms with van der Waals surface area (Å²) in [4.78, 5) is 37.3. The number of nitrogens with zero attached hydrogens (tertiary/aromatic N) is 1. The van der Waals surface area contributed by atoms with Gasteiger partial charge in [0, 0.05) is 18.2 Å². The van der Waals surface area contributed by atoms with E-state index in [9.17, 15) is 14.4 Å². The van der Waals surface area contributed by atoms with E-state index in [2.05, 4.69) is 36.7 Å². The molecule has 1 atom stereocenters. The summed E-state index contributed by atoms with van der Waals surface area (Å²) in [6.45, 7) is 0. The Bertz CT molecular complexity index is 265. The summed E-state index contributed by atoms with van der Waals surface area (Å²) < 4.78 is 0. The minimum atomic E-state index is -0.662. The Labute approximate surface area is 97.0 Å². The molecule has 7 heteroatoms. The summed E-state index contributed by atoms with van der Waals surface area (Å²) in [7, 11) is 0. The average Bonchev–Trinajstić information content (AvgIpc) is 2.48. The molecule has 5 nitrogen and oxygen atoms in total. The highest BCUT2D eigenvalue weighted by Crippen LogP contribution is 2.14. The zero-order valence-corrected chi connectivity index (χ0v) is 10.2. The van der Waals surface area contributed by atoms with Crippen molar-refractivity contribution in [2.45, 2.75) is 17.7 Å². The molecule has 2 amide bonds. The Kier molecular flexibility index (Phi) is 4.06. The number of hydrogen-bond acceptors (Lipinski definition) is 4. The van der Waals surface area contributed by atoms with Crippen molar-refractivity contribution < 1.29 is 19.2 Å². The molecule has 0 bridgehead atoms. The molecule has 0 aromatic heterocycles. The molecule has 0 radical (unpaired) electrons. The van der Waals surface area contributed by atoms with Crippen molar-refractivity contribution in [3.8, 4) is 0 Å². The van der Waals surface area contributed by atoms with E-state index in [0.717, 1.165) is 0 Å². The highest BCUT2D eigenvalue weighted by molar-refractivity contribution is 9.12. The van der Waals surface area contributed by atoms with E-state index in [1.807, 2.05) is 0 Å². The summed E-state index contributed by atoms with van der Waals surface area (Å²) in [5, 5.41) is 0.876. The molecule has 78 valence electrons. The van der Waals surface area contributed by atoms with Crippen molar-refractivity contribution in [1.82, 2.24) is 5.06 Å². The Morgan fingerprint density at radius 3 is 2.36 bits per heavy atom. The first kappa shape index (κ1) is 11.6. The summed E-state index contributed by atoms with van der Waals surface area (Å²) >= 11 is 6.08. The van der Waals surface area contributed by atoms with E-state index in [1.165, 1.54) is 0 Å². The second-order valence-corrected chi connectivity index (χ2v) is 4.37. The van der Waals surface area contributed by atoms with Crippen LogP contribution in [-0.2, 0) is 19.2 Å². The maximum atomic E-state index is 11.2. The lowest BCUT2D eigenvalue weighted by molar-refractivity contribution is -0.196. The smallest absolute Gasteiger partial charge is 0.329 e. The highest BCUT2D eigenvalue weighted by atomic mass is 79.9. The van der Waals surface area contributed by atoms with Gasteiger partial charge in [-0.1, -0.05) is 31.9 Å². The van der Waals surface area contributed by atoms with Crippen LogP contribution in [0.3, 0.4) is 0 Å². The number of amides is 2. The predicted molar refractivity (Wildman–Crippen MR) is 53.7 cm³/mol. The molecule has 0 aliphatic carbocycles. The number of imide groups is 1. The van der Waals surface area contributed by atoms with Crippen molar-refractivity contribution in [2.75, 3.05) is 5.33 Å². The lowest BCUT2D eigenvalue weighted by Crippen LogP contribution is -2.35. The fraction of sp³-hybridized carbons (Fsp3) is 0.571. The van der Waals surface area contributed by atoms with Crippen molar-refractivity contribution in [3.05, 3.63) is 0 Å². The van der Waals surface area contributed by atoms with Crippen molar-refractivity contribution in [2.24, 2.45) is 0 Å². The first-order valence-electron chi connectivity index (χ1n) is 3.84. The molecular formula is C7H7Br2NO4. The maximum Gasteiger partial charge on any atom is 0.347 e. The van der Waals surface area contributed by atoms with Gasteiger partial charge >= 0.3 is 5.97 Å². The number of carbonyl (C=O) groups excluding carboxylic acids is 3. The van der Waals surface area contributed by atoms with Gasteiger partial charge in [-0.05, 0) is 0 Å². The van der Waals surface area contributed by atoms with Gasteiger partial charge in [0.15, 0.2) is 0 Å². The molecule has 0 spiro atoms. The van der Waals surface area contributed by atoms with Gasteiger partial charge in [-0.3, -0.25) is 9.59 Å². The van der Waals surface area contributed by atoms with Crippen molar-refractivity contribution in [1.29, 1.82) is 0 Å². The van der Waals surface area contributed by atoms with E-state index in [1.54, 1.807) is 0 Å². The lowest BCUT2D eigenvalue weighted by atomic mass is 10.4.